The molecule has 2 amide bonds. The van der Waals surface area contributed by atoms with Crippen LogP contribution >= 0.6 is 11.3 Å². The van der Waals surface area contributed by atoms with Crippen molar-refractivity contribution in [2.24, 2.45) is 0 Å². The number of aromatic nitrogens is 4. The molecule has 10 heteroatoms. The van der Waals surface area contributed by atoms with Crippen molar-refractivity contribution < 1.29 is 9.32 Å². The smallest absolute Gasteiger partial charge is 0.317 e. The van der Waals surface area contributed by atoms with Gasteiger partial charge >= 0.3 is 6.03 Å². The first-order valence-corrected chi connectivity index (χ1v) is 9.42. The fourth-order valence-electron chi connectivity index (χ4n) is 2.66. The van der Waals surface area contributed by atoms with Crippen LogP contribution in [0.25, 0.3) is 0 Å². The lowest BCUT2D eigenvalue weighted by atomic mass is 9.98. The molecule has 3 rings (SSSR count). The van der Waals surface area contributed by atoms with Gasteiger partial charge < -0.3 is 14.7 Å². The molecule has 1 saturated heterocycles. The number of carbonyl (C=O) groups excluding carboxylic acids is 1. The molecule has 1 fully saturated rings. The highest BCUT2D eigenvalue weighted by atomic mass is 32.1. The van der Waals surface area contributed by atoms with Gasteiger partial charge in [0.2, 0.25) is 5.89 Å². The molecule has 2 aromatic heterocycles. The zero-order chi connectivity index (χ0) is 18.9. The second-order valence-electron chi connectivity index (χ2n) is 7.53. The van der Waals surface area contributed by atoms with Gasteiger partial charge in [-0.05, 0) is 14.0 Å². The van der Waals surface area contributed by atoms with Crippen molar-refractivity contribution in [1.29, 1.82) is 0 Å². The molecule has 142 valence electrons. The molecule has 9 nitrogen and oxygen atoms in total. The van der Waals surface area contributed by atoms with Gasteiger partial charge in [0.1, 0.15) is 16.1 Å². The second kappa shape index (κ2) is 7.28. The van der Waals surface area contributed by atoms with E-state index < -0.39 is 0 Å². The fourth-order valence-corrected chi connectivity index (χ4v) is 3.50. The van der Waals surface area contributed by atoms with Crippen molar-refractivity contribution >= 4 is 17.4 Å². The summed E-state index contributed by atoms with van der Waals surface area (Å²) in [6.45, 7) is 10.4. The number of hydrogen-bond acceptors (Lipinski definition) is 8. The van der Waals surface area contributed by atoms with E-state index in [1.165, 1.54) is 11.3 Å². The van der Waals surface area contributed by atoms with Crippen molar-refractivity contribution in [2.75, 3.05) is 26.7 Å². The average molecular weight is 379 g/mol. The first-order valence-electron chi connectivity index (χ1n) is 8.60. The number of piperazine rings is 1. The van der Waals surface area contributed by atoms with Crippen molar-refractivity contribution in [3.05, 3.63) is 21.7 Å². The predicted octanol–water partition coefficient (Wildman–Crippen LogP) is 1.73. The molecule has 0 bridgehead atoms. The van der Waals surface area contributed by atoms with Gasteiger partial charge in [-0.25, -0.2) is 4.79 Å². The van der Waals surface area contributed by atoms with Gasteiger partial charge in [0.15, 0.2) is 5.82 Å². The third-order valence-electron chi connectivity index (χ3n) is 4.26. The van der Waals surface area contributed by atoms with Crippen LogP contribution in [0.3, 0.4) is 0 Å². The Kier molecular flexibility index (Phi) is 5.24. The molecule has 0 radical (unpaired) electrons. The van der Waals surface area contributed by atoms with E-state index >= 15 is 0 Å². The molecule has 1 aliphatic rings. The van der Waals surface area contributed by atoms with Crippen LogP contribution in [0.4, 0.5) is 4.79 Å². The van der Waals surface area contributed by atoms with Gasteiger partial charge in [0.05, 0.1) is 6.54 Å². The van der Waals surface area contributed by atoms with Crippen molar-refractivity contribution in [1.82, 2.24) is 35.5 Å². The van der Waals surface area contributed by atoms with Gasteiger partial charge in [-0.2, -0.15) is 4.98 Å². The Morgan fingerprint density at radius 2 is 2.12 bits per heavy atom. The first-order chi connectivity index (χ1) is 12.2. The molecule has 26 heavy (non-hydrogen) atoms. The van der Waals surface area contributed by atoms with E-state index in [-0.39, 0.29) is 17.5 Å². The molecule has 0 aliphatic carbocycles. The van der Waals surface area contributed by atoms with Gasteiger partial charge in [-0.3, -0.25) is 4.90 Å². The lowest BCUT2D eigenvalue weighted by molar-refractivity contribution is 0.0910. The number of carbonyl (C=O) groups is 1. The summed E-state index contributed by atoms with van der Waals surface area (Å²) in [6, 6.07) is -0.212. The van der Waals surface area contributed by atoms with E-state index in [0.717, 1.165) is 16.6 Å². The second-order valence-corrected chi connectivity index (χ2v) is 8.59. The number of hydrogen-bond donors (Lipinski definition) is 1. The van der Waals surface area contributed by atoms with E-state index in [9.17, 15) is 4.79 Å². The number of nitrogens with one attached hydrogen (secondary N) is 1. The molecule has 2 aromatic rings. The number of likely N-dealkylation sites (N-methyl/N-ethyl adjacent to an activating group) is 1. The molecule has 1 N–H and O–H groups in total. The molecular weight excluding hydrogens is 354 g/mol. The van der Waals surface area contributed by atoms with E-state index in [1.54, 1.807) is 11.8 Å². The molecule has 0 unspecified atom stereocenters. The molecule has 1 aliphatic heterocycles. The predicted molar refractivity (Wildman–Crippen MR) is 96.8 cm³/mol. The number of rotatable bonds is 3. The topological polar surface area (TPSA) is 100 Å². The Morgan fingerprint density at radius 1 is 1.35 bits per heavy atom. The van der Waals surface area contributed by atoms with Gasteiger partial charge in [-0.1, -0.05) is 37.3 Å². The summed E-state index contributed by atoms with van der Waals surface area (Å²) in [4.78, 5) is 20.7. The van der Waals surface area contributed by atoms with Gasteiger partial charge in [0, 0.05) is 25.0 Å². The van der Waals surface area contributed by atoms with E-state index in [1.807, 2.05) is 7.05 Å². The summed E-state index contributed by atoms with van der Waals surface area (Å²) in [5.74, 6) is 1.14. The van der Waals surface area contributed by atoms with Crippen LogP contribution < -0.4 is 5.32 Å². The SMILES string of the molecule is Cc1noc([C@@H]2CN(C(=O)NCc3nnc(C(C)(C)C)s3)CCN2C)n1. The fraction of sp³-hybridized carbons (Fsp3) is 0.688. The summed E-state index contributed by atoms with van der Waals surface area (Å²) in [5.41, 5.74) is -0.0349. The average Bonchev–Trinajstić information content (AvgIpc) is 3.21. The monoisotopic (exact) mass is 379 g/mol. The zero-order valence-electron chi connectivity index (χ0n) is 15.8. The maximum absolute atomic E-state index is 12.5. The Labute approximate surface area is 156 Å². The first kappa shape index (κ1) is 18.7. The molecule has 0 saturated carbocycles. The maximum Gasteiger partial charge on any atom is 0.317 e. The van der Waals surface area contributed by atoms with E-state index in [0.29, 0.717) is 31.3 Å². The van der Waals surface area contributed by atoms with Crippen LogP contribution in [0, 0.1) is 6.92 Å². The summed E-state index contributed by atoms with van der Waals surface area (Å²) in [6.07, 6.45) is 0. The van der Waals surface area contributed by atoms with Crippen molar-refractivity contribution in [3.8, 4) is 0 Å². The minimum Gasteiger partial charge on any atom is -0.338 e. The Morgan fingerprint density at radius 3 is 2.73 bits per heavy atom. The third-order valence-corrected chi connectivity index (χ3v) is 5.61. The minimum atomic E-state index is -0.119. The number of nitrogens with zero attached hydrogens (tertiary/aromatic N) is 6. The van der Waals surface area contributed by atoms with E-state index in [4.69, 9.17) is 4.52 Å². The molecule has 1 atom stereocenters. The summed E-state index contributed by atoms with van der Waals surface area (Å²) >= 11 is 1.53. The summed E-state index contributed by atoms with van der Waals surface area (Å²) in [5, 5.41) is 16.9. The Balaban J connectivity index is 1.58. The van der Waals surface area contributed by atoms with Crippen LogP contribution in [0.5, 0.6) is 0 Å². The van der Waals surface area contributed by atoms with E-state index in [2.05, 4.69) is 51.3 Å². The maximum atomic E-state index is 12.5. The zero-order valence-corrected chi connectivity index (χ0v) is 16.6. The Hall–Kier alpha value is -2.07. The number of aryl methyl sites for hydroxylation is 1. The van der Waals surface area contributed by atoms with Crippen LogP contribution in [-0.4, -0.2) is 62.9 Å². The van der Waals surface area contributed by atoms with Crippen LogP contribution in [-0.2, 0) is 12.0 Å². The molecule has 0 aromatic carbocycles. The minimum absolute atomic E-state index is 0.0349. The summed E-state index contributed by atoms with van der Waals surface area (Å²) < 4.78 is 5.29. The summed E-state index contributed by atoms with van der Waals surface area (Å²) in [7, 11) is 1.99. The highest BCUT2D eigenvalue weighted by molar-refractivity contribution is 7.11. The standard InChI is InChI=1S/C16H25N7O2S/c1-10-18-13(25-21-10)11-9-23(7-6-22(11)5)15(24)17-8-12-19-20-14(26-12)16(2,3)4/h11H,6-9H2,1-5H3,(H,17,24)/t11-/m0/s1. The number of amides is 2. The van der Waals surface area contributed by atoms with Crippen molar-refractivity contribution in [3.63, 3.8) is 0 Å². The number of urea groups is 1. The van der Waals surface area contributed by atoms with Gasteiger partial charge in [-0.15, -0.1) is 10.2 Å². The van der Waals surface area contributed by atoms with Crippen molar-refractivity contribution in [2.45, 2.75) is 45.7 Å². The largest absolute Gasteiger partial charge is 0.338 e. The lowest BCUT2D eigenvalue weighted by Crippen LogP contribution is -2.52. The normalized spacial score (nSPS) is 19.0. The molecule has 3 heterocycles. The lowest BCUT2D eigenvalue weighted by Gasteiger charge is -2.37. The molecule has 0 spiro atoms. The highest BCUT2D eigenvalue weighted by Crippen LogP contribution is 2.25. The third kappa shape index (κ3) is 4.18. The van der Waals surface area contributed by atoms with Crippen LogP contribution in [0.2, 0.25) is 0 Å². The van der Waals surface area contributed by atoms with Crippen LogP contribution in [0.15, 0.2) is 4.52 Å². The van der Waals surface area contributed by atoms with Crippen LogP contribution in [0.1, 0.15) is 48.5 Å². The quantitative estimate of drug-likeness (QED) is 0.866. The highest BCUT2D eigenvalue weighted by Gasteiger charge is 2.32. The molecular formula is C16H25N7O2S. The Bertz CT molecular complexity index is 767. The van der Waals surface area contributed by atoms with Gasteiger partial charge in [0.25, 0.3) is 0 Å².